The van der Waals surface area contributed by atoms with Crippen molar-refractivity contribution in [2.45, 2.75) is 64.3 Å². The van der Waals surface area contributed by atoms with Gasteiger partial charge in [-0.1, -0.05) is 20.3 Å². The van der Waals surface area contributed by atoms with Gasteiger partial charge in [0.2, 0.25) is 0 Å². The van der Waals surface area contributed by atoms with E-state index in [4.69, 9.17) is 15.2 Å². The third-order valence-electron chi connectivity index (χ3n) is 4.02. The van der Waals surface area contributed by atoms with E-state index in [0.717, 1.165) is 25.8 Å². The molecule has 2 rings (SSSR count). The van der Waals surface area contributed by atoms with Gasteiger partial charge in [0.05, 0.1) is 13.2 Å². The molecule has 0 aromatic carbocycles. The van der Waals surface area contributed by atoms with Crippen LogP contribution in [0.4, 0.5) is 0 Å². The molecule has 1 saturated carbocycles. The van der Waals surface area contributed by atoms with Crippen LogP contribution in [-0.2, 0) is 9.47 Å². The Hall–Kier alpha value is -0.0800. The Morgan fingerprint density at radius 1 is 1.33 bits per heavy atom. The van der Waals surface area contributed by atoms with Crippen molar-refractivity contribution in [1.82, 2.24) is 5.32 Å². The Bertz CT molecular complexity index is 331. The number of nitrogens with zero attached hydrogens (tertiary/aromatic N) is 1. The third-order valence-corrected chi connectivity index (χ3v) is 4.02. The van der Waals surface area contributed by atoms with Gasteiger partial charge in [-0.15, -0.1) is 24.0 Å². The second kappa shape index (κ2) is 9.15. The summed E-state index contributed by atoms with van der Waals surface area (Å²) in [7, 11) is 0. The first-order valence-electron chi connectivity index (χ1n) is 7.95. The highest BCUT2D eigenvalue weighted by atomic mass is 127. The van der Waals surface area contributed by atoms with Crippen molar-refractivity contribution in [1.29, 1.82) is 0 Å². The number of ether oxygens (including phenoxy) is 2. The molecule has 5 nitrogen and oxygen atoms in total. The third kappa shape index (κ3) is 6.28. The Morgan fingerprint density at radius 2 is 2.05 bits per heavy atom. The zero-order chi connectivity index (χ0) is 14.4. The van der Waals surface area contributed by atoms with Gasteiger partial charge >= 0.3 is 0 Å². The fraction of sp³-hybridized carbons (Fsp3) is 0.933. The molecular formula is C15H30IN3O2. The standard InChI is InChI=1S/C15H29N3O2.HI/c1-12(2)6-9-17-14(16)18-10-13-11-19-15(20-13)7-4-3-5-8-15;/h12-13H,3-11H2,1-2H3,(H3,16,17,18);1H. The highest BCUT2D eigenvalue weighted by molar-refractivity contribution is 14.0. The second-order valence-corrected chi connectivity index (χ2v) is 6.36. The first kappa shape index (κ1) is 19.0. The van der Waals surface area contributed by atoms with Gasteiger partial charge in [0.25, 0.3) is 0 Å². The highest BCUT2D eigenvalue weighted by Crippen LogP contribution is 2.37. The van der Waals surface area contributed by atoms with Crippen molar-refractivity contribution in [3.05, 3.63) is 0 Å². The first-order valence-corrected chi connectivity index (χ1v) is 7.95. The molecule has 0 amide bonds. The van der Waals surface area contributed by atoms with E-state index in [1.54, 1.807) is 0 Å². The van der Waals surface area contributed by atoms with E-state index in [1.807, 2.05) is 0 Å². The lowest BCUT2D eigenvalue weighted by Gasteiger charge is -2.31. The molecule has 2 fully saturated rings. The maximum absolute atomic E-state index is 6.07. The summed E-state index contributed by atoms with van der Waals surface area (Å²) in [6, 6.07) is 0. The average molecular weight is 411 g/mol. The summed E-state index contributed by atoms with van der Waals surface area (Å²) in [5.41, 5.74) is 5.85. The zero-order valence-corrected chi connectivity index (χ0v) is 15.6. The van der Waals surface area contributed by atoms with Crippen LogP contribution in [0.3, 0.4) is 0 Å². The molecule has 0 radical (unpaired) electrons. The van der Waals surface area contributed by atoms with Crippen LogP contribution in [0.1, 0.15) is 52.4 Å². The molecule has 1 aliphatic heterocycles. The summed E-state index contributed by atoms with van der Waals surface area (Å²) < 4.78 is 12.0. The fourth-order valence-electron chi connectivity index (χ4n) is 2.80. The molecule has 0 aromatic rings. The van der Waals surface area contributed by atoms with Crippen molar-refractivity contribution in [2.75, 3.05) is 19.7 Å². The predicted molar refractivity (Wildman–Crippen MR) is 96.0 cm³/mol. The second-order valence-electron chi connectivity index (χ2n) is 6.36. The van der Waals surface area contributed by atoms with Crippen LogP contribution in [0.2, 0.25) is 0 Å². The molecule has 124 valence electrons. The average Bonchev–Trinajstić information content (AvgIpc) is 2.80. The lowest BCUT2D eigenvalue weighted by molar-refractivity contribution is -0.186. The summed E-state index contributed by atoms with van der Waals surface area (Å²) in [6.07, 6.45) is 6.90. The number of guanidine groups is 1. The minimum absolute atomic E-state index is 0. The van der Waals surface area contributed by atoms with Gasteiger partial charge in [-0.05, 0) is 25.2 Å². The summed E-state index contributed by atoms with van der Waals surface area (Å²) >= 11 is 0. The van der Waals surface area contributed by atoms with E-state index in [0.29, 0.717) is 25.0 Å². The SMILES string of the molecule is CC(C)CCNC(N)=NCC1COC2(CCCCC2)O1.I. The lowest BCUT2D eigenvalue weighted by atomic mass is 9.94. The van der Waals surface area contributed by atoms with Gasteiger partial charge in [-0.25, -0.2) is 0 Å². The molecule has 1 unspecified atom stereocenters. The molecule has 0 aromatic heterocycles. The summed E-state index contributed by atoms with van der Waals surface area (Å²) in [5, 5.41) is 3.14. The van der Waals surface area contributed by atoms with Gasteiger partial charge in [-0.2, -0.15) is 0 Å². The molecule has 1 heterocycles. The number of halogens is 1. The van der Waals surface area contributed by atoms with Crippen molar-refractivity contribution >= 4 is 29.9 Å². The maximum Gasteiger partial charge on any atom is 0.188 e. The van der Waals surface area contributed by atoms with Crippen LogP contribution in [0.25, 0.3) is 0 Å². The van der Waals surface area contributed by atoms with Crippen molar-refractivity contribution in [3.63, 3.8) is 0 Å². The Balaban J connectivity index is 0.00000220. The molecule has 21 heavy (non-hydrogen) atoms. The number of hydrogen-bond donors (Lipinski definition) is 2. The van der Waals surface area contributed by atoms with Gasteiger partial charge in [-0.3, -0.25) is 4.99 Å². The van der Waals surface area contributed by atoms with Crippen molar-refractivity contribution < 1.29 is 9.47 Å². The highest BCUT2D eigenvalue weighted by Gasteiger charge is 2.41. The quantitative estimate of drug-likeness (QED) is 0.415. The largest absolute Gasteiger partial charge is 0.370 e. The minimum Gasteiger partial charge on any atom is -0.370 e. The zero-order valence-electron chi connectivity index (χ0n) is 13.3. The number of aliphatic imine (C=N–C) groups is 1. The van der Waals surface area contributed by atoms with E-state index < -0.39 is 0 Å². The summed E-state index contributed by atoms with van der Waals surface area (Å²) in [5.74, 6) is 0.880. The molecule has 3 N–H and O–H groups in total. The Morgan fingerprint density at radius 3 is 2.71 bits per heavy atom. The van der Waals surface area contributed by atoms with Crippen LogP contribution >= 0.6 is 24.0 Å². The van der Waals surface area contributed by atoms with Crippen molar-refractivity contribution in [2.24, 2.45) is 16.6 Å². The molecular weight excluding hydrogens is 381 g/mol. The van der Waals surface area contributed by atoms with Crippen molar-refractivity contribution in [3.8, 4) is 0 Å². The Labute approximate surface area is 145 Å². The Kier molecular flexibility index (Phi) is 8.26. The van der Waals surface area contributed by atoms with Gasteiger partial charge < -0.3 is 20.5 Å². The van der Waals surface area contributed by atoms with Crippen LogP contribution in [0, 0.1) is 5.92 Å². The normalized spacial score (nSPS) is 25.1. The molecule has 1 spiro atoms. The molecule has 1 atom stereocenters. The number of nitrogens with two attached hydrogens (primary N) is 1. The molecule has 1 aliphatic carbocycles. The van der Waals surface area contributed by atoms with Crippen LogP contribution in [-0.4, -0.2) is 37.5 Å². The summed E-state index contributed by atoms with van der Waals surface area (Å²) in [6.45, 7) is 6.49. The smallest absolute Gasteiger partial charge is 0.188 e. The predicted octanol–water partition coefficient (Wildman–Crippen LogP) is 2.63. The lowest BCUT2D eigenvalue weighted by Crippen LogP contribution is -2.35. The molecule has 1 saturated heterocycles. The summed E-state index contributed by atoms with van der Waals surface area (Å²) in [4.78, 5) is 4.36. The number of hydrogen-bond acceptors (Lipinski definition) is 3. The molecule has 0 bridgehead atoms. The molecule has 2 aliphatic rings. The van der Waals surface area contributed by atoms with Crippen LogP contribution in [0.15, 0.2) is 4.99 Å². The van der Waals surface area contributed by atoms with E-state index >= 15 is 0 Å². The van der Waals surface area contributed by atoms with E-state index in [2.05, 4.69) is 24.2 Å². The van der Waals surface area contributed by atoms with Gasteiger partial charge in [0.1, 0.15) is 6.10 Å². The topological polar surface area (TPSA) is 68.9 Å². The first-order chi connectivity index (χ1) is 9.60. The minimum atomic E-state index is -0.307. The fourth-order valence-corrected chi connectivity index (χ4v) is 2.80. The van der Waals surface area contributed by atoms with E-state index in [1.165, 1.54) is 19.3 Å². The molecule has 6 heteroatoms. The van der Waals surface area contributed by atoms with Gasteiger partial charge in [0, 0.05) is 19.4 Å². The maximum atomic E-state index is 6.07. The number of rotatable bonds is 5. The van der Waals surface area contributed by atoms with Crippen LogP contribution < -0.4 is 11.1 Å². The van der Waals surface area contributed by atoms with Gasteiger partial charge in [0.15, 0.2) is 11.7 Å². The number of nitrogens with one attached hydrogen (secondary N) is 1. The monoisotopic (exact) mass is 411 g/mol. The van der Waals surface area contributed by atoms with E-state index in [9.17, 15) is 0 Å². The van der Waals surface area contributed by atoms with Crippen LogP contribution in [0.5, 0.6) is 0 Å². The van der Waals surface area contributed by atoms with E-state index in [-0.39, 0.29) is 35.9 Å².